The third-order valence-electron chi connectivity index (χ3n) is 11.2. The predicted molar refractivity (Wildman–Crippen MR) is 248 cm³/mol. The second-order valence-corrected chi connectivity index (χ2v) is 19.8. The van der Waals surface area contributed by atoms with Crippen LogP contribution in [0.1, 0.15) is 101 Å². The Bertz CT molecular complexity index is 2520. The molecule has 3 aromatic carbocycles. The van der Waals surface area contributed by atoms with Crippen LogP contribution in [0, 0.1) is 0 Å². The number of rotatable bonds is 18. The highest BCUT2D eigenvalue weighted by Crippen LogP contribution is 2.44. The van der Waals surface area contributed by atoms with Crippen molar-refractivity contribution < 1.29 is 8.83 Å². The number of thiophene rings is 4. The number of benzene rings is 3. The number of aryl methyl sites for hydroxylation is 2. The molecular formula is C50H50O2S4. The van der Waals surface area contributed by atoms with Gasteiger partial charge in [-0.15, -0.1) is 45.3 Å². The molecule has 0 aliphatic carbocycles. The maximum atomic E-state index is 6.65. The van der Waals surface area contributed by atoms with E-state index in [1.165, 1.54) is 140 Å². The number of furan rings is 2. The van der Waals surface area contributed by atoms with Crippen molar-refractivity contribution in [1.29, 1.82) is 0 Å². The lowest BCUT2D eigenvalue weighted by Gasteiger charge is -1.99. The van der Waals surface area contributed by atoms with Crippen LogP contribution in [-0.2, 0) is 12.8 Å². The largest absolute Gasteiger partial charge is 0.452 e. The number of unbranched alkanes of at least 4 members (excludes halogenated alkanes) is 10. The van der Waals surface area contributed by atoms with Crippen molar-refractivity contribution in [3.8, 4) is 40.4 Å². The van der Waals surface area contributed by atoms with Gasteiger partial charge < -0.3 is 8.83 Å². The van der Waals surface area contributed by atoms with E-state index in [-0.39, 0.29) is 0 Å². The van der Waals surface area contributed by atoms with E-state index < -0.39 is 0 Å². The van der Waals surface area contributed by atoms with E-state index in [1.807, 2.05) is 45.3 Å². The van der Waals surface area contributed by atoms with Crippen LogP contribution < -0.4 is 0 Å². The molecule has 0 amide bonds. The third kappa shape index (κ3) is 7.96. The Morgan fingerprint density at radius 1 is 0.357 bits per heavy atom. The van der Waals surface area contributed by atoms with Gasteiger partial charge in [0.15, 0.2) is 11.2 Å². The van der Waals surface area contributed by atoms with Crippen LogP contribution in [0.4, 0.5) is 0 Å². The Balaban J connectivity index is 0.915. The van der Waals surface area contributed by atoms with Crippen LogP contribution in [-0.4, -0.2) is 0 Å². The van der Waals surface area contributed by atoms with E-state index in [9.17, 15) is 0 Å². The molecule has 56 heavy (non-hydrogen) atoms. The molecule has 9 aromatic rings. The Hall–Kier alpha value is -3.94. The summed E-state index contributed by atoms with van der Waals surface area (Å²) in [4.78, 5) is 11.0. The fourth-order valence-corrected chi connectivity index (χ4v) is 12.4. The second-order valence-electron chi connectivity index (χ2n) is 15.3. The van der Waals surface area contributed by atoms with Gasteiger partial charge in [0.25, 0.3) is 0 Å². The predicted octanol–water partition coefficient (Wildman–Crippen LogP) is 18.2. The quantitative estimate of drug-likeness (QED) is 0.0807. The summed E-state index contributed by atoms with van der Waals surface area (Å²) in [6.45, 7) is 4.57. The van der Waals surface area contributed by atoms with E-state index in [2.05, 4.69) is 111 Å². The molecule has 0 aliphatic rings. The first-order chi connectivity index (χ1) is 27.6. The van der Waals surface area contributed by atoms with Crippen LogP contribution in [0.15, 0.2) is 106 Å². The molecule has 0 saturated carbocycles. The highest BCUT2D eigenvalue weighted by Gasteiger charge is 2.18. The SMILES string of the molecule is CCCCCCCCc1ccc(-c2ccc(-c3ccc4c(c3)oc3c4ccc4c5ccc(-c6ccc(-c7ccc(CCCCCCCC)s7)s6)cc5oc43)s2)s1. The van der Waals surface area contributed by atoms with Crippen LogP contribution >= 0.6 is 45.3 Å². The molecule has 0 N–H and O–H groups in total. The molecule has 6 heteroatoms. The summed E-state index contributed by atoms with van der Waals surface area (Å²) in [5.41, 5.74) is 5.82. The van der Waals surface area contributed by atoms with E-state index in [0.29, 0.717) is 0 Å². The lowest BCUT2D eigenvalue weighted by molar-refractivity contribution is 0.609. The van der Waals surface area contributed by atoms with Crippen molar-refractivity contribution in [2.75, 3.05) is 0 Å². The molecule has 0 radical (unpaired) electrons. The van der Waals surface area contributed by atoms with Crippen molar-refractivity contribution >= 4 is 89.2 Å². The van der Waals surface area contributed by atoms with Crippen molar-refractivity contribution in [3.05, 3.63) is 107 Å². The summed E-state index contributed by atoms with van der Waals surface area (Å²) in [5, 5.41) is 4.43. The molecule has 0 unspecified atom stereocenters. The van der Waals surface area contributed by atoms with Gasteiger partial charge in [0, 0.05) is 60.6 Å². The van der Waals surface area contributed by atoms with Gasteiger partial charge in [-0.1, -0.05) is 90.2 Å². The molecule has 286 valence electrons. The molecular weight excluding hydrogens is 761 g/mol. The molecule has 0 spiro atoms. The fourth-order valence-electron chi connectivity index (χ4n) is 8.07. The van der Waals surface area contributed by atoms with Gasteiger partial charge >= 0.3 is 0 Å². The van der Waals surface area contributed by atoms with Gasteiger partial charge in [-0.3, -0.25) is 0 Å². The fraction of sp³-hybridized carbons (Fsp3) is 0.320. The number of fused-ring (bicyclic) bond motifs is 7. The minimum Gasteiger partial charge on any atom is -0.452 e. The summed E-state index contributed by atoms with van der Waals surface area (Å²) in [6, 6.07) is 36.1. The topological polar surface area (TPSA) is 26.3 Å². The highest BCUT2D eigenvalue weighted by molar-refractivity contribution is 7.24. The molecule has 0 bridgehead atoms. The first kappa shape index (κ1) is 37.6. The molecule has 2 nitrogen and oxygen atoms in total. The molecule has 0 aliphatic heterocycles. The van der Waals surface area contributed by atoms with Crippen molar-refractivity contribution in [1.82, 2.24) is 0 Å². The van der Waals surface area contributed by atoms with Gasteiger partial charge in [0.2, 0.25) is 0 Å². The second kappa shape index (κ2) is 17.3. The summed E-state index contributed by atoms with van der Waals surface area (Å²) in [6.07, 6.45) is 18.5. The zero-order valence-corrected chi connectivity index (χ0v) is 35.9. The molecule has 6 heterocycles. The zero-order chi connectivity index (χ0) is 37.8. The highest BCUT2D eigenvalue weighted by atomic mass is 32.1. The standard InChI is InChI=1S/C50H50O2S4/c1-3-5-7-9-11-13-15-35-19-25-45(53-35)47-29-27-43(55-47)33-17-21-37-39-23-24-40-38-22-18-34(32-42(38)52-50(40)49(39)51-41(37)31-33)44-28-30-48(56-44)46-26-20-36(54-46)16-14-12-10-8-6-4-2/h17-32H,3-16H2,1-2H3. The first-order valence-corrected chi connectivity index (χ1v) is 24.1. The normalized spacial score (nSPS) is 12.0. The smallest absolute Gasteiger partial charge is 0.178 e. The Morgan fingerprint density at radius 3 is 1.20 bits per heavy atom. The Kier molecular flexibility index (Phi) is 11.6. The van der Waals surface area contributed by atoms with Crippen molar-refractivity contribution in [2.45, 2.75) is 104 Å². The third-order valence-corrected chi connectivity index (χ3v) is 16.2. The molecule has 6 aromatic heterocycles. The van der Waals surface area contributed by atoms with Crippen molar-refractivity contribution in [3.63, 3.8) is 0 Å². The monoisotopic (exact) mass is 810 g/mol. The minimum absolute atomic E-state index is 0.823. The average molecular weight is 811 g/mol. The lowest BCUT2D eigenvalue weighted by atomic mass is 10.1. The van der Waals surface area contributed by atoms with Crippen LogP contribution in [0.5, 0.6) is 0 Å². The van der Waals surface area contributed by atoms with Crippen molar-refractivity contribution in [2.24, 2.45) is 0 Å². The van der Waals surface area contributed by atoms with Gasteiger partial charge in [-0.25, -0.2) is 0 Å². The van der Waals surface area contributed by atoms with E-state index in [4.69, 9.17) is 8.83 Å². The van der Waals surface area contributed by atoms with Gasteiger partial charge in [0.1, 0.15) is 11.2 Å². The van der Waals surface area contributed by atoms with Crippen LogP contribution in [0.2, 0.25) is 0 Å². The zero-order valence-electron chi connectivity index (χ0n) is 32.6. The number of hydrogen-bond donors (Lipinski definition) is 0. The van der Waals surface area contributed by atoms with E-state index in [1.54, 1.807) is 0 Å². The number of hydrogen-bond acceptors (Lipinski definition) is 6. The van der Waals surface area contributed by atoms with Gasteiger partial charge in [0.05, 0.1) is 0 Å². The maximum absolute atomic E-state index is 6.65. The lowest BCUT2D eigenvalue weighted by Crippen LogP contribution is -1.82. The molecule has 0 saturated heterocycles. The summed E-state index contributed by atoms with van der Waals surface area (Å²) >= 11 is 7.65. The Labute approximate surface area is 346 Å². The Morgan fingerprint density at radius 2 is 0.732 bits per heavy atom. The summed E-state index contributed by atoms with van der Waals surface area (Å²) in [7, 11) is 0. The first-order valence-electron chi connectivity index (χ1n) is 20.9. The van der Waals surface area contributed by atoms with Crippen LogP contribution in [0.3, 0.4) is 0 Å². The maximum Gasteiger partial charge on any atom is 0.178 e. The van der Waals surface area contributed by atoms with E-state index >= 15 is 0 Å². The summed E-state index contributed by atoms with van der Waals surface area (Å²) in [5.74, 6) is 0. The van der Waals surface area contributed by atoms with Crippen LogP contribution in [0.25, 0.3) is 84.3 Å². The van der Waals surface area contributed by atoms with Gasteiger partial charge in [-0.2, -0.15) is 0 Å². The van der Waals surface area contributed by atoms with E-state index in [0.717, 1.165) is 43.9 Å². The molecule has 0 fully saturated rings. The average Bonchev–Trinajstić information content (AvgIpc) is 4.08. The molecule has 9 rings (SSSR count). The summed E-state index contributed by atoms with van der Waals surface area (Å²) < 4.78 is 13.3. The minimum atomic E-state index is 0.823. The molecule has 0 atom stereocenters. The van der Waals surface area contributed by atoms with Gasteiger partial charge in [-0.05, 0) is 122 Å².